The number of hydrogen-bond donors (Lipinski definition) is 1. The van der Waals surface area contributed by atoms with Gasteiger partial charge in [0.15, 0.2) is 0 Å². The highest BCUT2D eigenvalue weighted by Crippen LogP contribution is 2.24. The minimum atomic E-state index is 0.278. The quantitative estimate of drug-likeness (QED) is 0.842. The Labute approximate surface area is 109 Å². The second kappa shape index (κ2) is 6.87. The third-order valence-electron chi connectivity index (χ3n) is 3.08. The topological polar surface area (TPSA) is 35.2 Å². The van der Waals surface area contributed by atoms with Crippen molar-refractivity contribution in [2.75, 3.05) is 7.11 Å². The number of ether oxygens (including phenoxy) is 1. The summed E-state index contributed by atoms with van der Waals surface area (Å²) >= 11 is 5.99. The zero-order valence-electron chi connectivity index (χ0n) is 10.9. The lowest BCUT2D eigenvalue weighted by molar-refractivity contribution is 0.406. The monoisotopic (exact) mass is 255 g/mol. The van der Waals surface area contributed by atoms with E-state index in [9.17, 15) is 0 Å². The summed E-state index contributed by atoms with van der Waals surface area (Å²) in [7, 11) is 1.69. The molecule has 1 unspecified atom stereocenters. The molecule has 0 aliphatic carbocycles. The number of halogens is 1. The van der Waals surface area contributed by atoms with Gasteiger partial charge in [-0.05, 0) is 48.9 Å². The summed E-state index contributed by atoms with van der Waals surface area (Å²) in [6.07, 6.45) is 3.06. The van der Waals surface area contributed by atoms with Gasteiger partial charge in [0.05, 0.1) is 7.11 Å². The first kappa shape index (κ1) is 14.3. The molecule has 96 valence electrons. The van der Waals surface area contributed by atoms with Crippen molar-refractivity contribution >= 4 is 11.6 Å². The lowest BCUT2D eigenvalue weighted by Crippen LogP contribution is -2.26. The second-order valence-corrected chi connectivity index (χ2v) is 5.19. The summed E-state index contributed by atoms with van der Waals surface area (Å²) in [5, 5.41) is 0.758. The van der Waals surface area contributed by atoms with E-state index in [0.29, 0.717) is 5.92 Å². The predicted molar refractivity (Wildman–Crippen MR) is 73.8 cm³/mol. The Morgan fingerprint density at radius 2 is 2.06 bits per heavy atom. The van der Waals surface area contributed by atoms with E-state index in [1.54, 1.807) is 7.11 Å². The molecule has 1 atom stereocenters. The standard InChI is InChI=1S/C14H22ClNO/c1-10(2)13(16)6-4-5-11-9-12(15)7-8-14(11)17-3/h7-10,13H,4-6,16H2,1-3H3. The Balaban J connectivity index is 2.53. The first-order chi connectivity index (χ1) is 8.04. The number of nitrogens with two attached hydrogens (primary N) is 1. The average molecular weight is 256 g/mol. The van der Waals surface area contributed by atoms with Gasteiger partial charge in [-0.2, -0.15) is 0 Å². The molecule has 2 N–H and O–H groups in total. The van der Waals surface area contributed by atoms with Gasteiger partial charge in [-0.25, -0.2) is 0 Å². The van der Waals surface area contributed by atoms with Crippen LogP contribution in [0.1, 0.15) is 32.3 Å². The van der Waals surface area contributed by atoms with Gasteiger partial charge in [-0.1, -0.05) is 25.4 Å². The molecular weight excluding hydrogens is 234 g/mol. The van der Waals surface area contributed by atoms with Gasteiger partial charge in [0.1, 0.15) is 5.75 Å². The average Bonchev–Trinajstić information content (AvgIpc) is 2.29. The van der Waals surface area contributed by atoms with Crippen molar-refractivity contribution in [3.63, 3.8) is 0 Å². The van der Waals surface area contributed by atoms with Crippen LogP contribution >= 0.6 is 11.6 Å². The van der Waals surface area contributed by atoms with Crippen LogP contribution in [0, 0.1) is 5.92 Å². The van der Waals surface area contributed by atoms with Crippen LogP contribution in [0.25, 0.3) is 0 Å². The number of aryl methyl sites for hydroxylation is 1. The fourth-order valence-electron chi connectivity index (χ4n) is 1.80. The molecule has 0 amide bonds. The van der Waals surface area contributed by atoms with Crippen LogP contribution in [-0.2, 0) is 6.42 Å². The van der Waals surface area contributed by atoms with Crippen LogP contribution in [0.2, 0.25) is 5.02 Å². The molecule has 0 aromatic heterocycles. The van der Waals surface area contributed by atoms with Crippen LogP contribution in [0.4, 0.5) is 0 Å². The highest BCUT2D eigenvalue weighted by Gasteiger charge is 2.09. The fraction of sp³-hybridized carbons (Fsp3) is 0.571. The van der Waals surface area contributed by atoms with Crippen molar-refractivity contribution in [1.82, 2.24) is 0 Å². The highest BCUT2D eigenvalue weighted by atomic mass is 35.5. The number of hydrogen-bond acceptors (Lipinski definition) is 2. The summed E-state index contributed by atoms with van der Waals surface area (Å²) < 4.78 is 5.32. The molecule has 0 heterocycles. The van der Waals surface area contributed by atoms with E-state index in [0.717, 1.165) is 35.6 Å². The normalized spacial score (nSPS) is 12.8. The van der Waals surface area contributed by atoms with E-state index in [1.165, 1.54) is 0 Å². The van der Waals surface area contributed by atoms with Crippen molar-refractivity contribution in [2.24, 2.45) is 11.7 Å². The van der Waals surface area contributed by atoms with E-state index >= 15 is 0 Å². The maximum absolute atomic E-state index is 6.02. The molecule has 2 nitrogen and oxygen atoms in total. The van der Waals surface area contributed by atoms with E-state index in [2.05, 4.69) is 13.8 Å². The Bertz CT molecular complexity index is 352. The molecule has 1 aromatic rings. The smallest absolute Gasteiger partial charge is 0.122 e. The van der Waals surface area contributed by atoms with Crippen molar-refractivity contribution in [3.05, 3.63) is 28.8 Å². The predicted octanol–water partition coefficient (Wildman–Crippen LogP) is 3.65. The Morgan fingerprint density at radius 3 is 2.65 bits per heavy atom. The van der Waals surface area contributed by atoms with Crippen molar-refractivity contribution < 1.29 is 4.74 Å². The van der Waals surface area contributed by atoms with Gasteiger partial charge < -0.3 is 10.5 Å². The first-order valence-electron chi connectivity index (χ1n) is 6.12. The molecule has 1 rings (SSSR count). The lowest BCUT2D eigenvalue weighted by atomic mass is 9.97. The molecule has 0 aliphatic heterocycles. The maximum atomic E-state index is 6.02. The zero-order valence-corrected chi connectivity index (χ0v) is 11.6. The Morgan fingerprint density at radius 1 is 1.35 bits per heavy atom. The van der Waals surface area contributed by atoms with E-state index < -0.39 is 0 Å². The molecular formula is C14H22ClNO. The molecule has 1 aromatic carbocycles. The van der Waals surface area contributed by atoms with E-state index in [4.69, 9.17) is 22.1 Å². The molecule has 0 saturated heterocycles. The van der Waals surface area contributed by atoms with Crippen molar-refractivity contribution in [2.45, 2.75) is 39.2 Å². The highest BCUT2D eigenvalue weighted by molar-refractivity contribution is 6.30. The summed E-state index contributed by atoms with van der Waals surface area (Å²) in [4.78, 5) is 0. The fourth-order valence-corrected chi connectivity index (χ4v) is 2.00. The van der Waals surface area contributed by atoms with E-state index in [1.807, 2.05) is 18.2 Å². The van der Waals surface area contributed by atoms with Gasteiger partial charge in [-0.15, -0.1) is 0 Å². The summed E-state index contributed by atoms with van der Waals surface area (Å²) in [5.41, 5.74) is 7.19. The minimum absolute atomic E-state index is 0.278. The zero-order chi connectivity index (χ0) is 12.8. The summed E-state index contributed by atoms with van der Waals surface area (Å²) in [5.74, 6) is 1.45. The summed E-state index contributed by atoms with van der Waals surface area (Å²) in [6, 6.07) is 6.02. The van der Waals surface area contributed by atoms with Crippen molar-refractivity contribution in [1.29, 1.82) is 0 Å². The Kier molecular flexibility index (Phi) is 5.79. The number of rotatable bonds is 6. The van der Waals surface area contributed by atoms with Crippen LogP contribution in [0.15, 0.2) is 18.2 Å². The van der Waals surface area contributed by atoms with Crippen molar-refractivity contribution in [3.8, 4) is 5.75 Å². The Hall–Kier alpha value is -0.730. The third kappa shape index (κ3) is 4.57. The molecule has 0 saturated carbocycles. The van der Waals surface area contributed by atoms with Gasteiger partial charge in [0.2, 0.25) is 0 Å². The first-order valence-corrected chi connectivity index (χ1v) is 6.50. The molecule has 3 heteroatoms. The van der Waals surface area contributed by atoms with Crippen LogP contribution in [0.5, 0.6) is 5.75 Å². The van der Waals surface area contributed by atoms with Crippen LogP contribution in [0.3, 0.4) is 0 Å². The lowest BCUT2D eigenvalue weighted by Gasteiger charge is -2.15. The van der Waals surface area contributed by atoms with Crippen LogP contribution in [-0.4, -0.2) is 13.2 Å². The second-order valence-electron chi connectivity index (χ2n) is 4.76. The molecule has 0 fully saturated rings. The molecule has 0 aliphatic rings. The third-order valence-corrected chi connectivity index (χ3v) is 3.32. The number of methoxy groups -OCH3 is 1. The summed E-state index contributed by atoms with van der Waals surface area (Å²) in [6.45, 7) is 4.31. The molecule has 0 bridgehead atoms. The SMILES string of the molecule is COc1ccc(Cl)cc1CCCC(N)C(C)C. The molecule has 0 spiro atoms. The van der Waals surface area contributed by atoms with Gasteiger partial charge in [0, 0.05) is 11.1 Å². The van der Waals surface area contributed by atoms with Crippen LogP contribution < -0.4 is 10.5 Å². The van der Waals surface area contributed by atoms with Gasteiger partial charge >= 0.3 is 0 Å². The van der Waals surface area contributed by atoms with Gasteiger partial charge in [0.25, 0.3) is 0 Å². The minimum Gasteiger partial charge on any atom is -0.496 e. The van der Waals surface area contributed by atoms with Gasteiger partial charge in [-0.3, -0.25) is 0 Å². The molecule has 17 heavy (non-hydrogen) atoms. The largest absolute Gasteiger partial charge is 0.496 e. The molecule has 0 radical (unpaired) electrons. The maximum Gasteiger partial charge on any atom is 0.122 e. The van der Waals surface area contributed by atoms with E-state index in [-0.39, 0.29) is 6.04 Å². The number of benzene rings is 1.